The predicted molar refractivity (Wildman–Crippen MR) is 103 cm³/mol. The Morgan fingerprint density at radius 2 is 1.89 bits per heavy atom. The Morgan fingerprint density at radius 3 is 2.68 bits per heavy atom. The van der Waals surface area contributed by atoms with Crippen LogP contribution in [0.3, 0.4) is 0 Å². The van der Waals surface area contributed by atoms with E-state index in [1.165, 1.54) is 0 Å². The van der Waals surface area contributed by atoms with Crippen molar-refractivity contribution >= 4 is 23.6 Å². The fraction of sp³-hybridized carbons (Fsp3) is 0.286. The summed E-state index contributed by atoms with van der Waals surface area (Å²) in [6.45, 7) is 3.56. The van der Waals surface area contributed by atoms with E-state index in [9.17, 15) is 14.4 Å². The Hall–Kier alpha value is -3.35. The van der Waals surface area contributed by atoms with Crippen LogP contribution in [0.4, 0.5) is 10.5 Å². The molecule has 146 valence electrons. The second-order valence-electron chi connectivity index (χ2n) is 6.73. The van der Waals surface area contributed by atoms with Crippen molar-refractivity contribution in [3.05, 3.63) is 59.2 Å². The molecule has 0 aliphatic carbocycles. The number of aryl methyl sites for hydroxylation is 2. The highest BCUT2D eigenvalue weighted by molar-refractivity contribution is 6.01. The van der Waals surface area contributed by atoms with Crippen molar-refractivity contribution in [2.24, 2.45) is 5.92 Å². The number of fused-ring (bicyclic) bond motifs is 1. The number of carbonyl (C=O) groups excluding carboxylic acids is 3. The van der Waals surface area contributed by atoms with E-state index in [1.54, 1.807) is 12.1 Å². The molecule has 3 amide bonds. The summed E-state index contributed by atoms with van der Waals surface area (Å²) in [5.74, 6) is -0.953. The van der Waals surface area contributed by atoms with Crippen molar-refractivity contribution in [2.75, 3.05) is 18.5 Å². The zero-order chi connectivity index (χ0) is 20.1. The molecule has 0 aromatic heterocycles. The highest BCUT2D eigenvalue weighted by Gasteiger charge is 2.27. The quantitative estimate of drug-likeness (QED) is 0.793. The second-order valence-corrected chi connectivity index (χ2v) is 6.73. The first-order chi connectivity index (χ1) is 13.4. The lowest BCUT2D eigenvalue weighted by Gasteiger charge is -2.23. The van der Waals surface area contributed by atoms with Crippen LogP contribution < -0.4 is 15.4 Å². The fourth-order valence-corrected chi connectivity index (χ4v) is 2.88. The van der Waals surface area contributed by atoms with Crippen LogP contribution in [-0.2, 0) is 20.7 Å². The highest BCUT2D eigenvalue weighted by Crippen LogP contribution is 2.27. The van der Waals surface area contributed by atoms with E-state index in [-0.39, 0.29) is 6.61 Å². The van der Waals surface area contributed by atoms with Gasteiger partial charge in [0, 0.05) is 5.69 Å². The minimum absolute atomic E-state index is 0.199. The zero-order valence-corrected chi connectivity index (χ0v) is 15.8. The fourth-order valence-electron chi connectivity index (χ4n) is 2.88. The van der Waals surface area contributed by atoms with Gasteiger partial charge in [-0.2, -0.15) is 0 Å². The van der Waals surface area contributed by atoms with Crippen molar-refractivity contribution in [1.82, 2.24) is 5.32 Å². The lowest BCUT2D eigenvalue weighted by atomic mass is 9.97. The van der Waals surface area contributed by atoms with Gasteiger partial charge in [-0.1, -0.05) is 24.3 Å². The van der Waals surface area contributed by atoms with Crippen LogP contribution in [0.1, 0.15) is 16.7 Å². The summed E-state index contributed by atoms with van der Waals surface area (Å²) >= 11 is 0. The maximum absolute atomic E-state index is 12.2. The number of para-hydroxylation sites is 1. The van der Waals surface area contributed by atoms with E-state index in [1.807, 2.05) is 44.2 Å². The number of ether oxygens (including phenoxy) is 2. The standard InChI is InChI=1S/C21H22N2O5/c1-13-7-8-17(9-14(13)2)22-21(26)23-19(24)12-28-20(25)16-10-15-5-3-4-6-18(15)27-11-16/h3-9,16H,10-12H2,1-2H3,(H2,22,23,24,26)/t16-/m0/s1. The molecule has 3 rings (SSSR count). The Kier molecular flexibility index (Phi) is 5.93. The van der Waals surface area contributed by atoms with E-state index in [4.69, 9.17) is 9.47 Å². The van der Waals surface area contributed by atoms with Gasteiger partial charge in [0.05, 0.1) is 5.92 Å². The topological polar surface area (TPSA) is 93.7 Å². The molecule has 7 nitrogen and oxygen atoms in total. The second kappa shape index (κ2) is 8.56. The molecule has 2 N–H and O–H groups in total. The van der Waals surface area contributed by atoms with Gasteiger partial charge in [0.15, 0.2) is 6.61 Å². The molecule has 0 spiro atoms. The van der Waals surface area contributed by atoms with E-state index >= 15 is 0 Å². The third-order valence-corrected chi connectivity index (χ3v) is 4.58. The number of hydrogen-bond acceptors (Lipinski definition) is 5. The van der Waals surface area contributed by atoms with Gasteiger partial charge in [0.2, 0.25) is 0 Å². The maximum Gasteiger partial charge on any atom is 0.325 e. The summed E-state index contributed by atoms with van der Waals surface area (Å²) in [4.78, 5) is 35.9. The lowest BCUT2D eigenvalue weighted by molar-refractivity contribution is -0.153. The van der Waals surface area contributed by atoms with Crippen LogP contribution in [-0.4, -0.2) is 31.1 Å². The van der Waals surface area contributed by atoms with Gasteiger partial charge in [-0.25, -0.2) is 4.79 Å². The molecule has 2 aromatic carbocycles. The zero-order valence-electron chi connectivity index (χ0n) is 15.8. The van der Waals surface area contributed by atoms with Crippen molar-refractivity contribution in [2.45, 2.75) is 20.3 Å². The Labute approximate surface area is 163 Å². The summed E-state index contributed by atoms with van der Waals surface area (Å²) in [5.41, 5.74) is 3.62. The monoisotopic (exact) mass is 382 g/mol. The van der Waals surface area contributed by atoms with E-state index in [0.717, 1.165) is 22.4 Å². The Balaban J connectivity index is 1.44. The SMILES string of the molecule is Cc1ccc(NC(=O)NC(=O)COC(=O)[C@@H]2COc3ccccc3C2)cc1C. The molecule has 1 atom stereocenters. The number of esters is 1. The largest absolute Gasteiger partial charge is 0.492 e. The molecular weight excluding hydrogens is 360 g/mol. The molecule has 2 aromatic rings. The summed E-state index contributed by atoms with van der Waals surface area (Å²) in [6.07, 6.45) is 0.490. The number of carbonyl (C=O) groups is 3. The number of anilines is 1. The van der Waals surface area contributed by atoms with Crippen LogP contribution in [0.2, 0.25) is 0 Å². The summed E-state index contributed by atoms with van der Waals surface area (Å²) in [6, 6.07) is 12.2. The maximum atomic E-state index is 12.2. The third-order valence-electron chi connectivity index (χ3n) is 4.58. The van der Waals surface area contributed by atoms with Crippen LogP contribution >= 0.6 is 0 Å². The number of nitrogens with one attached hydrogen (secondary N) is 2. The van der Waals surface area contributed by atoms with Crippen molar-refractivity contribution in [1.29, 1.82) is 0 Å². The molecule has 28 heavy (non-hydrogen) atoms. The first-order valence-electron chi connectivity index (χ1n) is 8.98. The number of benzene rings is 2. The van der Waals surface area contributed by atoms with Crippen LogP contribution in [0.15, 0.2) is 42.5 Å². The highest BCUT2D eigenvalue weighted by atomic mass is 16.5. The van der Waals surface area contributed by atoms with Crippen LogP contribution in [0, 0.1) is 19.8 Å². The number of rotatable bonds is 4. The van der Waals surface area contributed by atoms with Gasteiger partial charge in [0.1, 0.15) is 12.4 Å². The van der Waals surface area contributed by atoms with Gasteiger partial charge in [0.25, 0.3) is 5.91 Å². The number of hydrogen-bond donors (Lipinski definition) is 2. The summed E-state index contributed by atoms with van der Waals surface area (Å²) < 4.78 is 10.6. The van der Waals surface area contributed by atoms with Gasteiger partial charge < -0.3 is 14.8 Å². The average Bonchev–Trinajstić information content (AvgIpc) is 2.68. The van der Waals surface area contributed by atoms with Gasteiger partial charge in [-0.3, -0.25) is 14.9 Å². The van der Waals surface area contributed by atoms with Crippen molar-refractivity contribution in [3.8, 4) is 5.75 Å². The molecule has 0 fully saturated rings. The van der Waals surface area contributed by atoms with Gasteiger partial charge in [-0.05, 0) is 55.2 Å². The molecule has 1 aliphatic rings. The van der Waals surface area contributed by atoms with Crippen molar-refractivity contribution < 1.29 is 23.9 Å². The normalized spacial score (nSPS) is 15.0. The molecular formula is C21H22N2O5. The van der Waals surface area contributed by atoms with E-state index in [0.29, 0.717) is 12.1 Å². The molecule has 0 saturated heterocycles. The third kappa shape index (κ3) is 4.88. The number of amides is 3. The molecule has 0 unspecified atom stereocenters. The predicted octanol–water partition coefficient (Wildman–Crippen LogP) is 2.75. The molecule has 7 heteroatoms. The first kappa shape index (κ1) is 19.4. The smallest absolute Gasteiger partial charge is 0.325 e. The van der Waals surface area contributed by atoms with Gasteiger partial charge in [-0.15, -0.1) is 0 Å². The average molecular weight is 382 g/mol. The van der Waals surface area contributed by atoms with E-state index in [2.05, 4.69) is 10.6 Å². The van der Waals surface area contributed by atoms with Crippen molar-refractivity contribution in [3.63, 3.8) is 0 Å². The lowest BCUT2D eigenvalue weighted by Crippen LogP contribution is -2.38. The molecule has 1 aliphatic heterocycles. The molecule has 0 bridgehead atoms. The van der Waals surface area contributed by atoms with E-state index < -0.39 is 30.4 Å². The molecule has 0 radical (unpaired) electrons. The van der Waals surface area contributed by atoms with Crippen LogP contribution in [0.5, 0.6) is 5.75 Å². The minimum atomic E-state index is -0.702. The minimum Gasteiger partial charge on any atom is -0.492 e. The number of urea groups is 1. The summed E-state index contributed by atoms with van der Waals surface area (Å²) in [5, 5.41) is 4.71. The van der Waals surface area contributed by atoms with Crippen LogP contribution in [0.25, 0.3) is 0 Å². The summed E-state index contributed by atoms with van der Waals surface area (Å²) in [7, 11) is 0. The van der Waals surface area contributed by atoms with Gasteiger partial charge >= 0.3 is 12.0 Å². The Morgan fingerprint density at radius 1 is 1.11 bits per heavy atom. The first-order valence-corrected chi connectivity index (χ1v) is 8.98. The number of imide groups is 1. The molecule has 0 saturated carbocycles. The molecule has 1 heterocycles. The Bertz CT molecular complexity index is 909.